The lowest BCUT2D eigenvalue weighted by atomic mass is 9.62. The number of fused-ring (bicyclic) bond motifs is 2. The summed E-state index contributed by atoms with van der Waals surface area (Å²) in [6.07, 6.45) is -0.593. The van der Waals surface area contributed by atoms with E-state index in [0.717, 1.165) is 5.56 Å². The molecule has 0 saturated heterocycles. The van der Waals surface area contributed by atoms with Crippen molar-refractivity contribution in [2.45, 2.75) is 45.8 Å². The van der Waals surface area contributed by atoms with Crippen molar-refractivity contribution in [3.8, 4) is 11.5 Å². The van der Waals surface area contributed by atoms with Crippen molar-refractivity contribution < 1.29 is 28.5 Å². The Balaban J connectivity index is 2.09. The number of carbonyl (C=O) groups is 2. The predicted molar refractivity (Wildman–Crippen MR) is 93.4 cm³/mol. The van der Waals surface area contributed by atoms with E-state index in [2.05, 4.69) is 0 Å². The summed E-state index contributed by atoms with van der Waals surface area (Å²) in [5, 5.41) is 0. The first-order valence-electron chi connectivity index (χ1n) is 8.61. The number of ketones is 1. The predicted octanol–water partition coefficient (Wildman–Crippen LogP) is 3.30. The van der Waals surface area contributed by atoms with Gasteiger partial charge in [0.2, 0.25) is 6.79 Å². The third-order valence-electron chi connectivity index (χ3n) is 4.65. The summed E-state index contributed by atoms with van der Waals surface area (Å²) >= 11 is 0. The van der Waals surface area contributed by atoms with Gasteiger partial charge in [-0.1, -0.05) is 13.8 Å². The first kappa shape index (κ1) is 18.5. The lowest BCUT2D eigenvalue weighted by molar-refractivity contribution is -0.0548. The standard InChI is InChI=1S/C19H25NO6/c1-11(2)19(20(9-23-6)17(22)26-18(3,4)5)13-8-15-14(24-10-25-15)7-12(13)16(19)21/h7-8,11H,9-10H2,1-6H3/t19-/m1/s1. The Morgan fingerprint density at radius 1 is 1.27 bits per heavy atom. The molecule has 1 aliphatic carbocycles. The molecule has 0 spiro atoms. The van der Waals surface area contributed by atoms with Gasteiger partial charge < -0.3 is 18.9 Å². The van der Waals surface area contributed by atoms with Crippen LogP contribution in [0.15, 0.2) is 12.1 Å². The molecule has 7 heteroatoms. The highest BCUT2D eigenvalue weighted by Gasteiger charge is 2.60. The van der Waals surface area contributed by atoms with E-state index in [1.165, 1.54) is 12.0 Å². The van der Waals surface area contributed by atoms with Crippen molar-refractivity contribution in [2.24, 2.45) is 5.92 Å². The molecule has 0 bridgehead atoms. The summed E-state index contributed by atoms with van der Waals surface area (Å²) in [6, 6.07) is 3.47. The normalized spacial score (nSPS) is 20.7. The molecule has 142 valence electrons. The molecular weight excluding hydrogens is 338 g/mol. The first-order chi connectivity index (χ1) is 12.1. The maximum absolute atomic E-state index is 13.2. The highest BCUT2D eigenvalue weighted by atomic mass is 16.7. The largest absolute Gasteiger partial charge is 0.454 e. The molecule has 3 rings (SSSR count). The fourth-order valence-electron chi connectivity index (χ4n) is 3.61. The molecule has 0 N–H and O–H groups in total. The molecule has 2 aliphatic rings. The second kappa shape index (κ2) is 6.16. The number of Topliss-reactive ketones (excluding diaryl/α,β-unsaturated/α-hetero) is 1. The quantitative estimate of drug-likeness (QED) is 0.764. The van der Waals surface area contributed by atoms with Crippen molar-refractivity contribution in [2.75, 3.05) is 20.6 Å². The molecule has 26 heavy (non-hydrogen) atoms. The van der Waals surface area contributed by atoms with Crippen LogP contribution < -0.4 is 9.47 Å². The first-order valence-corrected chi connectivity index (χ1v) is 8.61. The summed E-state index contributed by atoms with van der Waals surface area (Å²) in [7, 11) is 1.48. The van der Waals surface area contributed by atoms with Gasteiger partial charge in [0.25, 0.3) is 0 Å². The van der Waals surface area contributed by atoms with Crippen LogP contribution in [0.5, 0.6) is 11.5 Å². The second-order valence-electron chi connectivity index (χ2n) is 7.83. The summed E-state index contributed by atoms with van der Waals surface area (Å²) in [6.45, 7) is 9.21. The highest BCUT2D eigenvalue weighted by Crippen LogP contribution is 2.53. The van der Waals surface area contributed by atoms with Gasteiger partial charge in [0.1, 0.15) is 17.9 Å². The van der Waals surface area contributed by atoms with E-state index in [1.807, 2.05) is 13.8 Å². The van der Waals surface area contributed by atoms with Gasteiger partial charge in [-0.3, -0.25) is 9.69 Å². The lowest BCUT2D eigenvalue weighted by Gasteiger charge is -2.51. The van der Waals surface area contributed by atoms with Crippen LogP contribution in [-0.4, -0.2) is 43.0 Å². The number of rotatable bonds is 4. The number of amides is 1. The number of hydrogen-bond donors (Lipinski definition) is 0. The fourth-order valence-corrected chi connectivity index (χ4v) is 3.61. The van der Waals surface area contributed by atoms with Gasteiger partial charge in [-0.15, -0.1) is 0 Å². The van der Waals surface area contributed by atoms with Gasteiger partial charge in [-0.25, -0.2) is 4.79 Å². The molecule has 0 radical (unpaired) electrons. The highest BCUT2D eigenvalue weighted by molar-refractivity contribution is 6.15. The molecule has 0 unspecified atom stereocenters. The Bertz CT molecular complexity index is 751. The molecule has 1 amide bonds. The van der Waals surface area contributed by atoms with Crippen molar-refractivity contribution >= 4 is 11.9 Å². The van der Waals surface area contributed by atoms with Crippen molar-refractivity contribution in [1.29, 1.82) is 0 Å². The Morgan fingerprint density at radius 3 is 2.42 bits per heavy atom. The van der Waals surface area contributed by atoms with E-state index in [-0.39, 0.29) is 25.2 Å². The zero-order chi connectivity index (χ0) is 19.3. The number of methoxy groups -OCH3 is 1. The van der Waals surface area contributed by atoms with E-state index in [0.29, 0.717) is 17.1 Å². The third-order valence-corrected chi connectivity index (χ3v) is 4.65. The Morgan fingerprint density at radius 2 is 1.88 bits per heavy atom. The van der Waals surface area contributed by atoms with Gasteiger partial charge in [-0.05, 0) is 38.8 Å². The number of ether oxygens (including phenoxy) is 4. The van der Waals surface area contributed by atoms with Crippen LogP contribution >= 0.6 is 0 Å². The molecule has 1 aromatic carbocycles. The molecule has 0 aromatic heterocycles. The Hall–Kier alpha value is -2.28. The topological polar surface area (TPSA) is 74.3 Å². The Labute approximate surface area is 153 Å². The molecule has 1 heterocycles. The number of carbonyl (C=O) groups excluding carboxylic acids is 2. The molecule has 1 aliphatic heterocycles. The smallest absolute Gasteiger partial charge is 0.413 e. The van der Waals surface area contributed by atoms with E-state index in [4.69, 9.17) is 18.9 Å². The number of nitrogens with zero attached hydrogens (tertiary/aromatic N) is 1. The summed E-state index contributed by atoms with van der Waals surface area (Å²) in [4.78, 5) is 27.5. The minimum atomic E-state index is -1.16. The van der Waals surface area contributed by atoms with Gasteiger partial charge in [0, 0.05) is 18.2 Å². The maximum Gasteiger partial charge on any atom is 0.413 e. The minimum absolute atomic E-state index is 0.0628. The molecule has 7 nitrogen and oxygen atoms in total. The van der Waals surface area contributed by atoms with Crippen LogP contribution in [-0.2, 0) is 15.0 Å². The molecular formula is C19H25NO6. The van der Waals surface area contributed by atoms with E-state index >= 15 is 0 Å². The van der Waals surface area contributed by atoms with Crippen LogP contribution in [0.4, 0.5) is 4.79 Å². The monoisotopic (exact) mass is 363 g/mol. The number of benzene rings is 1. The molecule has 0 fully saturated rings. The number of hydrogen-bond acceptors (Lipinski definition) is 6. The van der Waals surface area contributed by atoms with Gasteiger partial charge in [0.15, 0.2) is 17.3 Å². The second-order valence-corrected chi connectivity index (χ2v) is 7.83. The van der Waals surface area contributed by atoms with Crippen LogP contribution in [0, 0.1) is 5.92 Å². The van der Waals surface area contributed by atoms with Gasteiger partial charge in [-0.2, -0.15) is 0 Å². The molecule has 1 aromatic rings. The third kappa shape index (κ3) is 2.61. The average Bonchev–Trinajstić information content (AvgIpc) is 2.98. The van der Waals surface area contributed by atoms with E-state index in [9.17, 15) is 9.59 Å². The van der Waals surface area contributed by atoms with Crippen molar-refractivity contribution in [3.63, 3.8) is 0 Å². The average molecular weight is 363 g/mol. The Kier molecular flexibility index (Phi) is 4.38. The van der Waals surface area contributed by atoms with Crippen LogP contribution in [0.25, 0.3) is 0 Å². The van der Waals surface area contributed by atoms with Crippen LogP contribution in [0.3, 0.4) is 0 Å². The summed E-state index contributed by atoms with van der Waals surface area (Å²) in [5.74, 6) is 0.780. The zero-order valence-corrected chi connectivity index (χ0v) is 16.0. The van der Waals surface area contributed by atoms with Gasteiger partial charge in [0.05, 0.1) is 0 Å². The van der Waals surface area contributed by atoms with Crippen molar-refractivity contribution in [1.82, 2.24) is 4.90 Å². The SMILES string of the molecule is COCN(C(=O)OC(C)(C)C)[C@@]1(C(C)C)C(=O)c2cc3c(cc21)OCO3. The van der Waals surface area contributed by atoms with Gasteiger partial charge >= 0.3 is 6.09 Å². The van der Waals surface area contributed by atoms with E-state index in [1.54, 1.807) is 32.9 Å². The maximum atomic E-state index is 13.2. The van der Waals surface area contributed by atoms with Crippen molar-refractivity contribution in [3.05, 3.63) is 23.3 Å². The fraction of sp³-hybridized carbons (Fsp3) is 0.579. The summed E-state index contributed by atoms with van der Waals surface area (Å²) in [5.41, 5.74) is -0.585. The molecule has 1 atom stereocenters. The van der Waals surface area contributed by atoms with E-state index < -0.39 is 17.2 Å². The lowest BCUT2D eigenvalue weighted by Crippen LogP contribution is -2.64. The van der Waals surface area contributed by atoms with Crippen LogP contribution in [0.1, 0.15) is 50.5 Å². The minimum Gasteiger partial charge on any atom is -0.454 e. The molecule has 0 saturated carbocycles. The zero-order valence-electron chi connectivity index (χ0n) is 16.0. The van der Waals surface area contributed by atoms with Crippen LogP contribution in [0.2, 0.25) is 0 Å². The summed E-state index contributed by atoms with van der Waals surface area (Å²) < 4.78 is 21.6.